The maximum absolute atomic E-state index is 13.0. The van der Waals surface area contributed by atoms with Crippen LogP contribution in [0.4, 0.5) is 9.39 Å². The molecule has 1 aromatic carbocycles. The van der Waals surface area contributed by atoms with Gasteiger partial charge in [-0.25, -0.2) is 4.39 Å². The van der Waals surface area contributed by atoms with E-state index in [1.807, 2.05) is 0 Å². The maximum Gasteiger partial charge on any atom is 0.325 e. The quantitative estimate of drug-likeness (QED) is 0.588. The van der Waals surface area contributed by atoms with Crippen LogP contribution in [0.15, 0.2) is 22.7 Å². The molecule has 0 aliphatic heterocycles. The lowest BCUT2D eigenvalue weighted by Gasteiger charge is -1.92. The van der Waals surface area contributed by atoms with E-state index in [4.69, 9.17) is 0 Å². The van der Waals surface area contributed by atoms with Gasteiger partial charge in [0.05, 0.1) is 9.40 Å². The molecule has 0 spiro atoms. The maximum atomic E-state index is 13.0. The van der Waals surface area contributed by atoms with Crippen LogP contribution >= 0.6 is 27.3 Å². The topological polar surface area (TPSA) is 43.1 Å². The van der Waals surface area contributed by atoms with Crippen LogP contribution in [-0.2, 0) is 0 Å². The molecule has 0 atom stereocenters. The molecule has 6 heteroatoms. The molecule has 0 radical (unpaired) electrons. The van der Waals surface area contributed by atoms with Gasteiger partial charge in [-0.1, -0.05) is 11.3 Å². The summed E-state index contributed by atoms with van der Waals surface area (Å²) in [4.78, 5) is 9.98. The first-order chi connectivity index (χ1) is 6.58. The molecular formula is C8H3BrFNO2S. The lowest BCUT2D eigenvalue weighted by Crippen LogP contribution is -1.80. The van der Waals surface area contributed by atoms with Crippen LogP contribution in [0.5, 0.6) is 0 Å². The second kappa shape index (κ2) is 3.29. The largest absolute Gasteiger partial charge is 0.325 e. The highest BCUT2D eigenvalue weighted by molar-refractivity contribution is 9.10. The Kier molecular flexibility index (Phi) is 2.24. The lowest BCUT2D eigenvalue weighted by molar-refractivity contribution is -0.380. The van der Waals surface area contributed by atoms with Gasteiger partial charge in [0.25, 0.3) is 0 Å². The second-order valence-electron chi connectivity index (χ2n) is 2.65. The van der Waals surface area contributed by atoms with Crippen molar-refractivity contribution in [2.24, 2.45) is 0 Å². The third-order valence-corrected chi connectivity index (χ3v) is 3.38. The molecule has 0 N–H and O–H groups in total. The van der Waals surface area contributed by atoms with E-state index in [-0.39, 0.29) is 5.00 Å². The van der Waals surface area contributed by atoms with Gasteiger partial charge in [-0.3, -0.25) is 10.1 Å². The van der Waals surface area contributed by atoms with E-state index < -0.39 is 10.7 Å². The first kappa shape index (κ1) is 9.54. The number of hydrogen-bond acceptors (Lipinski definition) is 3. The Morgan fingerprint density at radius 2 is 2.14 bits per heavy atom. The summed E-state index contributed by atoms with van der Waals surface area (Å²) in [6.07, 6.45) is 0. The van der Waals surface area contributed by atoms with Crippen LogP contribution in [0.3, 0.4) is 0 Å². The summed E-state index contributed by atoms with van der Waals surface area (Å²) in [7, 11) is 0. The predicted octanol–water partition coefficient (Wildman–Crippen LogP) is 3.71. The van der Waals surface area contributed by atoms with Crippen LogP contribution in [0.25, 0.3) is 10.1 Å². The van der Waals surface area contributed by atoms with Gasteiger partial charge >= 0.3 is 5.00 Å². The number of nitrogens with zero attached hydrogens (tertiary/aromatic N) is 1. The molecule has 2 rings (SSSR count). The standard InChI is InChI=1S/C8H3BrFNO2S/c9-5-3-7-4(1-6(5)10)2-8(14-7)11(12)13/h1-3H. The van der Waals surface area contributed by atoms with E-state index in [2.05, 4.69) is 15.9 Å². The number of hydrogen-bond donors (Lipinski definition) is 0. The molecular weight excluding hydrogens is 273 g/mol. The highest BCUT2D eigenvalue weighted by Gasteiger charge is 2.12. The van der Waals surface area contributed by atoms with Gasteiger partial charge in [0.15, 0.2) is 0 Å². The van der Waals surface area contributed by atoms with Crippen LogP contribution in [0.2, 0.25) is 0 Å². The number of thiophene rings is 1. The van der Waals surface area contributed by atoms with Gasteiger partial charge in [0, 0.05) is 16.2 Å². The van der Waals surface area contributed by atoms with Crippen LogP contribution < -0.4 is 0 Å². The molecule has 72 valence electrons. The fourth-order valence-corrected chi connectivity index (χ4v) is 2.50. The highest BCUT2D eigenvalue weighted by atomic mass is 79.9. The van der Waals surface area contributed by atoms with E-state index in [1.54, 1.807) is 6.07 Å². The zero-order valence-electron chi connectivity index (χ0n) is 6.66. The predicted molar refractivity (Wildman–Crippen MR) is 56.1 cm³/mol. The summed E-state index contributed by atoms with van der Waals surface area (Å²) in [6.45, 7) is 0. The number of fused-ring (bicyclic) bond motifs is 1. The Balaban J connectivity index is 2.72. The van der Waals surface area contributed by atoms with Gasteiger partial charge in [0.2, 0.25) is 0 Å². The molecule has 0 saturated carbocycles. The van der Waals surface area contributed by atoms with E-state index in [1.165, 1.54) is 12.1 Å². The molecule has 0 aliphatic carbocycles. The van der Waals surface area contributed by atoms with E-state index in [0.717, 1.165) is 11.3 Å². The van der Waals surface area contributed by atoms with Crippen molar-refractivity contribution in [3.8, 4) is 0 Å². The molecule has 0 unspecified atom stereocenters. The molecule has 1 aromatic heterocycles. The van der Waals surface area contributed by atoms with Crippen molar-refractivity contribution in [1.82, 2.24) is 0 Å². The normalized spacial score (nSPS) is 10.7. The SMILES string of the molecule is O=[N+]([O-])c1cc2cc(F)c(Br)cc2s1. The zero-order chi connectivity index (χ0) is 10.3. The molecule has 1 heterocycles. The number of nitro groups is 1. The Bertz CT molecular complexity index is 486. The minimum Gasteiger partial charge on any atom is -0.258 e. The summed E-state index contributed by atoms with van der Waals surface area (Å²) in [5, 5.41) is 11.0. The number of benzene rings is 1. The van der Waals surface area contributed by atoms with Gasteiger partial charge in [-0.05, 0) is 28.1 Å². The molecule has 0 aliphatic rings. The summed E-state index contributed by atoms with van der Waals surface area (Å²) in [5.74, 6) is -0.412. The second-order valence-corrected chi connectivity index (χ2v) is 4.56. The van der Waals surface area contributed by atoms with Crippen LogP contribution in [0.1, 0.15) is 0 Å². The Morgan fingerprint density at radius 3 is 2.79 bits per heavy atom. The molecule has 0 saturated heterocycles. The fourth-order valence-electron chi connectivity index (χ4n) is 1.11. The third kappa shape index (κ3) is 1.51. The molecule has 0 amide bonds. The van der Waals surface area contributed by atoms with Crippen molar-refractivity contribution < 1.29 is 9.31 Å². The molecule has 2 aromatic rings. The van der Waals surface area contributed by atoms with E-state index in [9.17, 15) is 14.5 Å². The summed E-state index contributed by atoms with van der Waals surface area (Å²) < 4.78 is 14.1. The smallest absolute Gasteiger partial charge is 0.258 e. The lowest BCUT2D eigenvalue weighted by atomic mass is 10.2. The Hall–Kier alpha value is -1.01. The fraction of sp³-hybridized carbons (Fsp3) is 0. The van der Waals surface area contributed by atoms with Crippen molar-refractivity contribution in [2.75, 3.05) is 0 Å². The van der Waals surface area contributed by atoms with Gasteiger partial charge in [0.1, 0.15) is 5.82 Å². The zero-order valence-corrected chi connectivity index (χ0v) is 9.06. The minimum atomic E-state index is -0.476. The average Bonchev–Trinajstić information content (AvgIpc) is 2.48. The number of halogens is 2. The molecule has 3 nitrogen and oxygen atoms in total. The third-order valence-electron chi connectivity index (χ3n) is 1.73. The summed E-state index contributed by atoms with van der Waals surface area (Å²) in [5.41, 5.74) is 0. The van der Waals surface area contributed by atoms with Crippen molar-refractivity contribution >= 4 is 42.4 Å². The molecule has 0 bridgehead atoms. The van der Waals surface area contributed by atoms with Crippen molar-refractivity contribution in [2.45, 2.75) is 0 Å². The first-order valence-electron chi connectivity index (χ1n) is 3.61. The van der Waals surface area contributed by atoms with Crippen molar-refractivity contribution in [3.63, 3.8) is 0 Å². The van der Waals surface area contributed by atoms with E-state index in [0.29, 0.717) is 14.6 Å². The van der Waals surface area contributed by atoms with Crippen molar-refractivity contribution in [1.29, 1.82) is 0 Å². The van der Waals surface area contributed by atoms with Crippen LogP contribution in [0, 0.1) is 15.9 Å². The highest BCUT2D eigenvalue weighted by Crippen LogP contribution is 2.34. The summed E-state index contributed by atoms with van der Waals surface area (Å²) >= 11 is 4.06. The molecule has 0 fully saturated rings. The summed E-state index contributed by atoms with van der Waals surface area (Å²) in [6, 6.07) is 4.20. The Labute approximate surface area is 90.4 Å². The Morgan fingerprint density at radius 1 is 1.43 bits per heavy atom. The van der Waals surface area contributed by atoms with E-state index >= 15 is 0 Å². The van der Waals surface area contributed by atoms with Crippen molar-refractivity contribution in [3.05, 3.63) is 38.6 Å². The van der Waals surface area contributed by atoms with Gasteiger partial charge in [-0.2, -0.15) is 0 Å². The minimum absolute atomic E-state index is 0.0255. The number of rotatable bonds is 1. The van der Waals surface area contributed by atoms with Gasteiger partial charge in [-0.15, -0.1) is 0 Å². The van der Waals surface area contributed by atoms with Crippen LogP contribution in [-0.4, -0.2) is 4.92 Å². The van der Waals surface area contributed by atoms with Gasteiger partial charge < -0.3 is 0 Å². The molecule has 14 heavy (non-hydrogen) atoms. The first-order valence-corrected chi connectivity index (χ1v) is 5.22. The average molecular weight is 276 g/mol. The monoisotopic (exact) mass is 275 g/mol.